The van der Waals surface area contributed by atoms with E-state index in [9.17, 15) is 9.59 Å². The Kier molecular flexibility index (Phi) is 6.09. The maximum absolute atomic E-state index is 12.5. The van der Waals surface area contributed by atoms with Crippen LogP contribution in [0.4, 0.5) is 5.00 Å². The number of piperazine rings is 1. The zero-order valence-electron chi connectivity index (χ0n) is 15.1. The molecule has 1 fully saturated rings. The van der Waals surface area contributed by atoms with Gasteiger partial charge in [-0.25, -0.2) is 4.79 Å². The number of likely N-dealkylation sites (N-methyl/N-ethyl adjacent to an activating group) is 1. The van der Waals surface area contributed by atoms with E-state index in [1.54, 1.807) is 11.3 Å². The van der Waals surface area contributed by atoms with Crippen molar-refractivity contribution in [3.05, 3.63) is 16.0 Å². The fourth-order valence-corrected chi connectivity index (χ4v) is 4.90. The minimum atomic E-state index is -0.341. The van der Waals surface area contributed by atoms with Crippen LogP contribution in [0.1, 0.15) is 40.6 Å². The topological polar surface area (TPSA) is 61.9 Å². The molecule has 1 saturated heterocycles. The number of hydrogen-bond acceptors (Lipinski definition) is 6. The van der Waals surface area contributed by atoms with E-state index in [1.165, 1.54) is 12.0 Å². The van der Waals surface area contributed by atoms with Gasteiger partial charge in [-0.2, -0.15) is 0 Å². The van der Waals surface area contributed by atoms with E-state index >= 15 is 0 Å². The van der Waals surface area contributed by atoms with Crippen LogP contribution in [-0.2, 0) is 22.4 Å². The van der Waals surface area contributed by atoms with Crippen molar-refractivity contribution >= 4 is 28.2 Å². The highest BCUT2D eigenvalue weighted by Crippen LogP contribution is 2.38. The van der Waals surface area contributed by atoms with Gasteiger partial charge in [0.05, 0.1) is 19.2 Å². The number of amides is 1. The van der Waals surface area contributed by atoms with Gasteiger partial charge in [0.2, 0.25) is 5.91 Å². The van der Waals surface area contributed by atoms with Crippen LogP contribution >= 0.6 is 11.3 Å². The molecule has 0 saturated carbocycles. The van der Waals surface area contributed by atoms with E-state index in [1.807, 2.05) is 0 Å². The molecular formula is C18H27N3O3S. The normalized spacial score (nSPS) is 18.6. The lowest BCUT2D eigenvalue weighted by Crippen LogP contribution is -2.48. The zero-order valence-corrected chi connectivity index (χ0v) is 15.9. The number of thiophene rings is 1. The molecule has 2 aliphatic rings. The lowest BCUT2D eigenvalue weighted by Gasteiger charge is -2.33. The molecule has 2 heterocycles. The van der Waals surface area contributed by atoms with Gasteiger partial charge in [0.25, 0.3) is 0 Å². The molecule has 1 aromatic rings. The van der Waals surface area contributed by atoms with Gasteiger partial charge in [0, 0.05) is 31.1 Å². The lowest BCUT2D eigenvalue weighted by atomic mass is 9.95. The Balaban J connectivity index is 1.67. The Morgan fingerprint density at radius 3 is 2.48 bits per heavy atom. The third-order valence-electron chi connectivity index (χ3n) is 5.09. The van der Waals surface area contributed by atoms with Gasteiger partial charge in [-0.15, -0.1) is 11.3 Å². The van der Waals surface area contributed by atoms with E-state index in [0.717, 1.165) is 64.0 Å². The van der Waals surface area contributed by atoms with Crippen molar-refractivity contribution in [2.45, 2.75) is 32.6 Å². The molecular weight excluding hydrogens is 338 g/mol. The Labute approximate surface area is 153 Å². The molecule has 0 unspecified atom stereocenters. The standard InChI is InChI=1S/C18H27N3O3S/c1-3-20-8-10-21(11-9-20)12-15(22)19-17-16(18(23)24-2)13-6-4-5-7-14(13)25-17/h3-12H2,1-2H3,(H,19,22). The van der Waals surface area contributed by atoms with Gasteiger partial charge in [-0.05, 0) is 37.8 Å². The molecule has 1 aliphatic heterocycles. The van der Waals surface area contributed by atoms with Crippen LogP contribution in [0.3, 0.4) is 0 Å². The van der Waals surface area contributed by atoms with E-state index in [-0.39, 0.29) is 11.9 Å². The smallest absolute Gasteiger partial charge is 0.341 e. The number of carbonyl (C=O) groups excluding carboxylic acids is 2. The molecule has 6 nitrogen and oxygen atoms in total. The molecule has 1 aromatic heterocycles. The molecule has 1 amide bonds. The summed E-state index contributed by atoms with van der Waals surface area (Å²) in [5.74, 6) is -0.389. The van der Waals surface area contributed by atoms with E-state index in [4.69, 9.17) is 4.74 Å². The number of anilines is 1. The summed E-state index contributed by atoms with van der Waals surface area (Å²) >= 11 is 1.54. The van der Waals surface area contributed by atoms with E-state index < -0.39 is 0 Å². The number of hydrogen-bond donors (Lipinski definition) is 1. The monoisotopic (exact) mass is 365 g/mol. The molecule has 0 spiro atoms. The zero-order chi connectivity index (χ0) is 17.8. The van der Waals surface area contributed by atoms with Crippen molar-refractivity contribution in [1.29, 1.82) is 0 Å². The van der Waals surface area contributed by atoms with Gasteiger partial charge in [0.1, 0.15) is 5.00 Å². The average molecular weight is 365 g/mol. The highest BCUT2D eigenvalue weighted by molar-refractivity contribution is 7.17. The minimum Gasteiger partial charge on any atom is -0.465 e. The predicted octanol–water partition coefficient (Wildman–Crippen LogP) is 1.99. The first-order chi connectivity index (χ1) is 12.1. The van der Waals surface area contributed by atoms with Crippen LogP contribution in [0.2, 0.25) is 0 Å². The number of methoxy groups -OCH3 is 1. The first-order valence-electron chi connectivity index (χ1n) is 9.09. The Morgan fingerprint density at radius 2 is 1.80 bits per heavy atom. The number of nitrogens with one attached hydrogen (secondary N) is 1. The Hall–Kier alpha value is -1.44. The fourth-order valence-electron chi connectivity index (χ4n) is 3.60. The van der Waals surface area contributed by atoms with Gasteiger partial charge in [0.15, 0.2) is 0 Å². The maximum Gasteiger partial charge on any atom is 0.341 e. The van der Waals surface area contributed by atoms with Crippen LogP contribution in [0.5, 0.6) is 0 Å². The summed E-state index contributed by atoms with van der Waals surface area (Å²) in [6, 6.07) is 0. The number of carbonyl (C=O) groups is 2. The van der Waals surface area contributed by atoms with Crippen molar-refractivity contribution in [2.24, 2.45) is 0 Å². The summed E-state index contributed by atoms with van der Waals surface area (Å²) in [5, 5.41) is 3.64. The number of ether oxygens (including phenoxy) is 1. The SMILES string of the molecule is CCN1CCN(CC(=O)Nc2sc3c(c2C(=O)OC)CCCC3)CC1. The first-order valence-corrected chi connectivity index (χ1v) is 9.91. The van der Waals surface area contributed by atoms with Gasteiger partial charge in [-0.3, -0.25) is 9.69 Å². The number of nitrogens with zero attached hydrogens (tertiary/aromatic N) is 2. The Bertz CT molecular complexity index is 636. The van der Waals surface area contributed by atoms with Crippen LogP contribution in [0.25, 0.3) is 0 Å². The van der Waals surface area contributed by atoms with Gasteiger partial charge in [-0.1, -0.05) is 6.92 Å². The number of fused-ring (bicyclic) bond motifs is 1. The maximum atomic E-state index is 12.5. The third-order valence-corrected chi connectivity index (χ3v) is 6.30. The van der Waals surface area contributed by atoms with Crippen molar-refractivity contribution in [2.75, 3.05) is 51.7 Å². The summed E-state index contributed by atoms with van der Waals surface area (Å²) in [7, 11) is 1.40. The summed E-state index contributed by atoms with van der Waals surface area (Å²) < 4.78 is 4.96. The second-order valence-corrected chi connectivity index (χ2v) is 7.77. The lowest BCUT2D eigenvalue weighted by molar-refractivity contribution is -0.117. The van der Waals surface area contributed by atoms with Crippen LogP contribution < -0.4 is 5.32 Å². The molecule has 1 N–H and O–H groups in total. The van der Waals surface area contributed by atoms with E-state index in [0.29, 0.717) is 17.1 Å². The summed E-state index contributed by atoms with van der Waals surface area (Å²) in [4.78, 5) is 30.5. The molecule has 7 heteroatoms. The molecule has 138 valence electrons. The summed E-state index contributed by atoms with van der Waals surface area (Å²) in [5.41, 5.74) is 1.65. The number of aryl methyl sites for hydroxylation is 1. The Morgan fingerprint density at radius 1 is 1.12 bits per heavy atom. The van der Waals surface area contributed by atoms with Crippen LogP contribution in [-0.4, -0.2) is 68.1 Å². The number of rotatable bonds is 5. The molecule has 25 heavy (non-hydrogen) atoms. The highest BCUT2D eigenvalue weighted by Gasteiger charge is 2.27. The van der Waals surface area contributed by atoms with Crippen molar-refractivity contribution in [1.82, 2.24) is 9.80 Å². The molecule has 0 bridgehead atoms. The quantitative estimate of drug-likeness (QED) is 0.809. The second-order valence-electron chi connectivity index (χ2n) is 6.67. The second kappa shape index (κ2) is 8.29. The minimum absolute atomic E-state index is 0.0475. The summed E-state index contributed by atoms with van der Waals surface area (Å²) in [6.45, 7) is 7.42. The molecule has 3 rings (SSSR count). The fraction of sp³-hybridized carbons (Fsp3) is 0.667. The predicted molar refractivity (Wildman–Crippen MR) is 99.5 cm³/mol. The molecule has 0 radical (unpaired) electrons. The van der Waals surface area contributed by atoms with Gasteiger partial charge >= 0.3 is 5.97 Å². The number of esters is 1. The van der Waals surface area contributed by atoms with Crippen molar-refractivity contribution in [3.8, 4) is 0 Å². The first kappa shape index (κ1) is 18.4. The highest BCUT2D eigenvalue weighted by atomic mass is 32.1. The van der Waals surface area contributed by atoms with E-state index in [2.05, 4.69) is 22.0 Å². The summed E-state index contributed by atoms with van der Waals surface area (Å²) in [6.07, 6.45) is 4.11. The van der Waals surface area contributed by atoms with Crippen molar-refractivity contribution < 1.29 is 14.3 Å². The molecule has 0 aromatic carbocycles. The van der Waals surface area contributed by atoms with Gasteiger partial charge < -0.3 is 15.0 Å². The molecule has 1 aliphatic carbocycles. The third kappa shape index (κ3) is 4.22. The van der Waals surface area contributed by atoms with Crippen molar-refractivity contribution in [3.63, 3.8) is 0 Å². The average Bonchev–Trinajstić information content (AvgIpc) is 2.99. The van der Waals surface area contributed by atoms with Crippen LogP contribution in [0, 0.1) is 0 Å². The molecule has 0 atom stereocenters. The van der Waals surface area contributed by atoms with Crippen LogP contribution in [0.15, 0.2) is 0 Å². The largest absolute Gasteiger partial charge is 0.465 e.